The van der Waals surface area contributed by atoms with Gasteiger partial charge in [-0.05, 0) is 63.8 Å². The van der Waals surface area contributed by atoms with E-state index in [0.717, 1.165) is 31.5 Å². The number of halogens is 1. The van der Waals surface area contributed by atoms with Crippen LogP contribution in [0, 0.1) is 0 Å². The molecule has 0 radical (unpaired) electrons. The van der Waals surface area contributed by atoms with E-state index in [9.17, 15) is 4.79 Å². The van der Waals surface area contributed by atoms with Crippen LogP contribution in [0.15, 0.2) is 56.7 Å². The van der Waals surface area contributed by atoms with Crippen LogP contribution >= 0.6 is 15.9 Å². The fraction of sp³-hybridized carbons (Fsp3) is 0.280. The summed E-state index contributed by atoms with van der Waals surface area (Å²) in [7, 11) is 1.55. The lowest BCUT2D eigenvalue weighted by atomic mass is 10.2. The lowest BCUT2D eigenvalue weighted by Gasteiger charge is -2.13. The summed E-state index contributed by atoms with van der Waals surface area (Å²) in [5, 5.41) is 19.8. The van der Waals surface area contributed by atoms with Crippen molar-refractivity contribution in [1.29, 1.82) is 0 Å². The van der Waals surface area contributed by atoms with Crippen LogP contribution in [0.25, 0.3) is 5.82 Å². The summed E-state index contributed by atoms with van der Waals surface area (Å²) in [5.74, 6) is 0.622. The van der Waals surface area contributed by atoms with Crippen molar-refractivity contribution in [2.45, 2.75) is 26.0 Å². The predicted octanol–water partition coefficient (Wildman–Crippen LogP) is 2.94. The molecule has 0 unspecified atom stereocenters. The molecular formula is C25H26BrN9O4. The first-order valence-corrected chi connectivity index (χ1v) is 13.0. The van der Waals surface area contributed by atoms with Crippen LogP contribution < -0.4 is 20.6 Å². The maximum atomic E-state index is 13.3. The smallest absolute Gasteiger partial charge is 0.292 e. The molecule has 2 aromatic heterocycles. The average Bonchev–Trinajstić information content (AvgIpc) is 3.70. The number of rotatable bonds is 10. The van der Waals surface area contributed by atoms with Crippen molar-refractivity contribution in [3.05, 3.63) is 69.5 Å². The minimum atomic E-state index is -0.550. The van der Waals surface area contributed by atoms with Crippen molar-refractivity contribution in [2.24, 2.45) is 5.10 Å². The third-order valence-electron chi connectivity index (χ3n) is 6.12. The number of amides is 1. The molecule has 13 nitrogen and oxygen atoms in total. The number of hydrazone groups is 1. The number of ether oxygens (including phenoxy) is 2. The molecular weight excluding hydrogens is 570 g/mol. The highest BCUT2D eigenvalue weighted by Gasteiger charge is 2.27. The van der Waals surface area contributed by atoms with E-state index in [-0.39, 0.29) is 17.3 Å². The predicted molar refractivity (Wildman–Crippen MR) is 145 cm³/mol. The normalized spacial score (nSPS) is 13.7. The number of carbonyl (C=O) groups is 1. The van der Waals surface area contributed by atoms with Crippen molar-refractivity contribution < 1.29 is 18.9 Å². The maximum Gasteiger partial charge on any atom is 0.292 e. The Kier molecular flexibility index (Phi) is 8.13. The number of benzene rings is 2. The van der Waals surface area contributed by atoms with Gasteiger partial charge in [-0.15, -0.1) is 5.10 Å². The lowest BCUT2D eigenvalue weighted by molar-refractivity contribution is 0.0945. The van der Waals surface area contributed by atoms with Gasteiger partial charge in [-0.2, -0.15) is 9.78 Å². The van der Waals surface area contributed by atoms with Crippen molar-refractivity contribution in [3.8, 4) is 17.3 Å². The SMILES string of the molecule is COc1cc(OCc2ccccc2)cc(Br)c1/C=N\NC(=O)c1c(CN2CCCC2)nnn1-c1nonc1N. The quantitative estimate of drug-likeness (QED) is 0.206. The van der Waals surface area contributed by atoms with Crippen LogP contribution in [0.3, 0.4) is 0 Å². The first-order chi connectivity index (χ1) is 19.0. The van der Waals surface area contributed by atoms with Gasteiger partial charge < -0.3 is 15.2 Å². The largest absolute Gasteiger partial charge is 0.496 e. The third kappa shape index (κ3) is 6.07. The number of nitrogen functional groups attached to an aromatic ring is 1. The zero-order chi connectivity index (χ0) is 27.2. The Morgan fingerprint density at radius 2 is 2.03 bits per heavy atom. The number of anilines is 1. The van der Waals surface area contributed by atoms with Crippen LogP contribution in [0.5, 0.6) is 11.5 Å². The maximum absolute atomic E-state index is 13.3. The summed E-state index contributed by atoms with van der Waals surface area (Å²) in [6.07, 6.45) is 3.65. The van der Waals surface area contributed by atoms with E-state index in [1.165, 1.54) is 10.9 Å². The molecule has 0 aliphatic carbocycles. The van der Waals surface area contributed by atoms with Gasteiger partial charge in [0, 0.05) is 17.1 Å². The monoisotopic (exact) mass is 595 g/mol. The average molecular weight is 596 g/mol. The second-order valence-corrected chi connectivity index (χ2v) is 9.60. The van der Waals surface area contributed by atoms with Gasteiger partial charge in [-0.3, -0.25) is 9.69 Å². The number of nitrogens with one attached hydrogen (secondary N) is 1. The van der Waals surface area contributed by atoms with Gasteiger partial charge in [0.1, 0.15) is 23.8 Å². The van der Waals surface area contributed by atoms with Gasteiger partial charge in [0.2, 0.25) is 11.6 Å². The third-order valence-corrected chi connectivity index (χ3v) is 6.77. The molecule has 202 valence electrons. The van der Waals surface area contributed by atoms with E-state index < -0.39 is 5.91 Å². The van der Waals surface area contributed by atoms with Gasteiger partial charge in [0.25, 0.3) is 5.91 Å². The molecule has 14 heteroatoms. The van der Waals surface area contributed by atoms with Crippen LogP contribution in [0.4, 0.5) is 5.82 Å². The Morgan fingerprint density at radius 3 is 2.74 bits per heavy atom. The molecule has 5 rings (SSSR count). The van der Waals surface area contributed by atoms with Gasteiger partial charge in [-0.1, -0.05) is 35.5 Å². The van der Waals surface area contributed by atoms with E-state index in [4.69, 9.17) is 19.8 Å². The molecule has 2 aromatic carbocycles. The van der Waals surface area contributed by atoms with Crippen molar-refractivity contribution in [3.63, 3.8) is 0 Å². The number of methoxy groups -OCH3 is 1. The fourth-order valence-electron chi connectivity index (χ4n) is 4.18. The zero-order valence-corrected chi connectivity index (χ0v) is 22.7. The highest BCUT2D eigenvalue weighted by Crippen LogP contribution is 2.31. The van der Waals surface area contributed by atoms with Gasteiger partial charge in [-0.25, -0.2) is 10.1 Å². The number of hydrogen-bond donors (Lipinski definition) is 2. The summed E-state index contributed by atoms with van der Waals surface area (Å²) in [5.41, 5.74) is 10.6. The molecule has 1 aliphatic heterocycles. The Hall–Kier alpha value is -4.30. The number of nitrogens with two attached hydrogens (primary N) is 1. The minimum Gasteiger partial charge on any atom is -0.496 e. The lowest BCUT2D eigenvalue weighted by Crippen LogP contribution is -2.26. The molecule has 1 saturated heterocycles. The number of aromatic nitrogens is 5. The molecule has 1 aliphatic rings. The van der Waals surface area contributed by atoms with Gasteiger partial charge in [0.05, 0.1) is 18.9 Å². The second kappa shape index (κ2) is 12.0. The Morgan fingerprint density at radius 1 is 1.23 bits per heavy atom. The standard InChI is InChI=1S/C25H26BrN9O4/c1-37-21-12-17(38-15-16-7-3-2-4-8-16)11-19(26)18(21)13-28-30-25(36)22-20(14-34-9-5-6-10-34)29-33-35(22)24-23(27)31-39-32-24/h2-4,7-8,11-13H,5-6,9-10,14-15H2,1H3,(H2,27,31)(H,30,36)/b28-13-. The van der Waals surface area contributed by atoms with Crippen LogP contribution in [0.2, 0.25) is 0 Å². The Bertz CT molecular complexity index is 1470. The molecule has 3 N–H and O–H groups in total. The van der Waals surface area contributed by atoms with E-state index >= 15 is 0 Å². The van der Waals surface area contributed by atoms with Gasteiger partial charge in [0.15, 0.2) is 5.69 Å². The molecule has 0 bridgehead atoms. The first-order valence-electron chi connectivity index (χ1n) is 12.2. The summed E-state index contributed by atoms with van der Waals surface area (Å²) in [4.78, 5) is 15.5. The molecule has 39 heavy (non-hydrogen) atoms. The Labute approximate surface area is 232 Å². The summed E-state index contributed by atoms with van der Waals surface area (Å²) < 4.78 is 18.0. The molecule has 1 fully saturated rings. The van der Waals surface area contributed by atoms with E-state index in [2.05, 4.69) is 52.0 Å². The fourth-order valence-corrected chi connectivity index (χ4v) is 4.70. The van der Waals surface area contributed by atoms with E-state index in [1.54, 1.807) is 13.2 Å². The molecule has 0 atom stereocenters. The Balaban J connectivity index is 1.34. The highest BCUT2D eigenvalue weighted by atomic mass is 79.9. The van der Waals surface area contributed by atoms with Crippen LogP contribution in [-0.2, 0) is 13.2 Å². The van der Waals surface area contributed by atoms with Gasteiger partial charge >= 0.3 is 0 Å². The molecule has 1 amide bonds. The minimum absolute atomic E-state index is 0.0200. The van der Waals surface area contributed by atoms with Crippen molar-refractivity contribution in [1.82, 2.24) is 35.6 Å². The zero-order valence-electron chi connectivity index (χ0n) is 21.1. The van der Waals surface area contributed by atoms with E-state index in [1.807, 2.05) is 36.4 Å². The van der Waals surface area contributed by atoms with E-state index in [0.29, 0.717) is 40.4 Å². The number of likely N-dealkylation sites (tertiary alicyclic amines) is 1. The molecule has 3 heterocycles. The van der Waals surface area contributed by atoms with Crippen LogP contribution in [-0.4, -0.2) is 62.5 Å². The molecule has 0 saturated carbocycles. The van der Waals surface area contributed by atoms with Crippen molar-refractivity contribution in [2.75, 3.05) is 25.9 Å². The van der Waals surface area contributed by atoms with Crippen molar-refractivity contribution >= 4 is 33.9 Å². The highest BCUT2D eigenvalue weighted by molar-refractivity contribution is 9.10. The second-order valence-electron chi connectivity index (χ2n) is 8.75. The van der Waals surface area contributed by atoms with Crippen LogP contribution in [0.1, 0.15) is 40.2 Å². The first kappa shape index (κ1) is 26.3. The molecule has 4 aromatic rings. The number of carbonyl (C=O) groups excluding carboxylic acids is 1. The summed E-state index contributed by atoms with van der Waals surface area (Å²) in [6, 6.07) is 13.4. The number of nitrogens with zero attached hydrogens (tertiary/aromatic N) is 7. The number of hydrogen-bond acceptors (Lipinski definition) is 11. The summed E-state index contributed by atoms with van der Waals surface area (Å²) in [6.45, 7) is 2.69. The topological polar surface area (TPSA) is 159 Å². The summed E-state index contributed by atoms with van der Waals surface area (Å²) >= 11 is 3.54. The molecule has 0 spiro atoms.